The maximum absolute atomic E-state index is 11.9. The van der Waals surface area contributed by atoms with Crippen LogP contribution in [-0.2, 0) is 10.0 Å². The first-order valence-corrected chi connectivity index (χ1v) is 7.11. The van der Waals surface area contributed by atoms with E-state index in [0.717, 1.165) is 12.1 Å². The van der Waals surface area contributed by atoms with Gasteiger partial charge in [-0.3, -0.25) is 0 Å². The second kappa shape index (κ2) is 5.89. The van der Waals surface area contributed by atoms with E-state index in [9.17, 15) is 8.42 Å². The molecule has 0 aliphatic rings. The highest BCUT2D eigenvalue weighted by Crippen LogP contribution is 2.17. The van der Waals surface area contributed by atoms with Crippen LogP contribution < -0.4 is 5.32 Å². The van der Waals surface area contributed by atoms with Crippen LogP contribution in [0.25, 0.3) is 0 Å². The first-order chi connectivity index (χ1) is 8.41. The standard InChI is InChI=1S/C13H18N2O2S/c1-5-11(6-2)14-12-7-9-13(10-8-12)18(16,17)15(3)4/h1,7-11,14H,6H2,2-4H3. The maximum atomic E-state index is 11.9. The van der Waals surface area contributed by atoms with Crippen LogP contribution >= 0.6 is 0 Å². The minimum atomic E-state index is -3.37. The summed E-state index contributed by atoms with van der Waals surface area (Å²) in [5.74, 6) is 2.63. The summed E-state index contributed by atoms with van der Waals surface area (Å²) in [5, 5.41) is 3.14. The van der Waals surface area contributed by atoms with Crippen molar-refractivity contribution in [2.24, 2.45) is 0 Å². The Hall–Kier alpha value is -1.51. The lowest BCUT2D eigenvalue weighted by Gasteiger charge is -2.14. The van der Waals surface area contributed by atoms with Gasteiger partial charge in [-0.25, -0.2) is 12.7 Å². The Bertz CT molecular complexity index is 527. The largest absolute Gasteiger partial charge is 0.372 e. The molecule has 0 aliphatic heterocycles. The van der Waals surface area contributed by atoms with Crippen molar-refractivity contribution in [3.05, 3.63) is 24.3 Å². The van der Waals surface area contributed by atoms with Crippen LogP contribution in [0.3, 0.4) is 0 Å². The van der Waals surface area contributed by atoms with Crippen LogP contribution in [-0.4, -0.2) is 32.9 Å². The molecule has 0 saturated heterocycles. The molecule has 1 N–H and O–H groups in total. The molecule has 0 aliphatic carbocycles. The topological polar surface area (TPSA) is 49.4 Å². The molecule has 0 fully saturated rings. The average molecular weight is 266 g/mol. The summed E-state index contributed by atoms with van der Waals surface area (Å²) in [7, 11) is -0.354. The molecule has 0 amide bonds. The Kier molecular flexibility index (Phi) is 4.76. The first kappa shape index (κ1) is 14.6. The predicted octanol–water partition coefficient (Wildman–Crippen LogP) is 1.76. The van der Waals surface area contributed by atoms with Gasteiger partial charge in [-0.2, -0.15) is 0 Å². The van der Waals surface area contributed by atoms with Crippen LogP contribution in [0.5, 0.6) is 0 Å². The van der Waals surface area contributed by atoms with Gasteiger partial charge >= 0.3 is 0 Å². The summed E-state index contributed by atoms with van der Waals surface area (Å²) >= 11 is 0. The van der Waals surface area contributed by atoms with E-state index < -0.39 is 10.0 Å². The Balaban J connectivity index is 2.91. The van der Waals surface area contributed by atoms with Crippen molar-refractivity contribution in [2.45, 2.75) is 24.3 Å². The van der Waals surface area contributed by atoms with Crippen LogP contribution in [0, 0.1) is 12.3 Å². The Morgan fingerprint density at radius 1 is 1.33 bits per heavy atom. The van der Waals surface area contributed by atoms with Gasteiger partial charge in [-0.05, 0) is 30.7 Å². The average Bonchev–Trinajstić information content (AvgIpc) is 2.36. The molecule has 1 rings (SSSR count). The minimum Gasteiger partial charge on any atom is -0.372 e. The van der Waals surface area contributed by atoms with E-state index in [-0.39, 0.29) is 10.9 Å². The summed E-state index contributed by atoms with van der Waals surface area (Å²) in [6, 6.07) is 6.54. The molecular formula is C13H18N2O2S. The van der Waals surface area contributed by atoms with Gasteiger partial charge in [0.05, 0.1) is 10.9 Å². The van der Waals surface area contributed by atoms with Gasteiger partial charge in [0.1, 0.15) is 0 Å². The third kappa shape index (κ3) is 3.25. The molecule has 0 heterocycles. The Labute approximate surface area is 109 Å². The number of nitrogens with zero attached hydrogens (tertiary/aromatic N) is 1. The molecule has 0 radical (unpaired) electrons. The van der Waals surface area contributed by atoms with E-state index in [4.69, 9.17) is 6.42 Å². The lowest BCUT2D eigenvalue weighted by molar-refractivity contribution is 0.521. The van der Waals surface area contributed by atoms with Gasteiger partial charge in [0.25, 0.3) is 0 Å². The predicted molar refractivity (Wildman–Crippen MR) is 73.8 cm³/mol. The SMILES string of the molecule is C#CC(CC)Nc1ccc(S(=O)(=O)N(C)C)cc1. The van der Waals surface area contributed by atoms with Crippen LogP contribution in [0.1, 0.15) is 13.3 Å². The zero-order chi connectivity index (χ0) is 13.8. The molecule has 0 saturated carbocycles. The van der Waals surface area contributed by atoms with Crippen LogP contribution in [0.15, 0.2) is 29.2 Å². The Morgan fingerprint density at radius 2 is 1.89 bits per heavy atom. The summed E-state index contributed by atoms with van der Waals surface area (Å²) in [5.41, 5.74) is 0.817. The van der Waals surface area contributed by atoms with Crippen molar-refractivity contribution in [1.29, 1.82) is 0 Å². The highest BCUT2D eigenvalue weighted by atomic mass is 32.2. The summed E-state index contributed by atoms with van der Waals surface area (Å²) in [6.45, 7) is 1.99. The van der Waals surface area contributed by atoms with Gasteiger partial charge in [0, 0.05) is 19.8 Å². The fourth-order valence-corrected chi connectivity index (χ4v) is 2.30. The molecule has 1 atom stereocenters. The monoisotopic (exact) mass is 266 g/mol. The summed E-state index contributed by atoms with van der Waals surface area (Å²) < 4.78 is 24.9. The quantitative estimate of drug-likeness (QED) is 0.826. The normalized spacial score (nSPS) is 13.1. The number of hydrogen-bond acceptors (Lipinski definition) is 3. The molecule has 1 aromatic rings. The van der Waals surface area contributed by atoms with Crippen LogP contribution in [0.4, 0.5) is 5.69 Å². The van der Waals surface area contributed by atoms with Crippen molar-refractivity contribution in [3.8, 4) is 12.3 Å². The second-order valence-corrected chi connectivity index (χ2v) is 6.24. The van der Waals surface area contributed by atoms with E-state index in [2.05, 4.69) is 11.2 Å². The van der Waals surface area contributed by atoms with Crippen LogP contribution in [0.2, 0.25) is 0 Å². The lowest BCUT2D eigenvalue weighted by Crippen LogP contribution is -2.22. The summed E-state index contributed by atoms with van der Waals surface area (Å²) in [4.78, 5) is 0.270. The fourth-order valence-electron chi connectivity index (χ4n) is 1.40. The third-order valence-electron chi connectivity index (χ3n) is 2.58. The fraction of sp³-hybridized carbons (Fsp3) is 0.385. The van der Waals surface area contributed by atoms with E-state index in [1.54, 1.807) is 24.3 Å². The number of hydrogen-bond donors (Lipinski definition) is 1. The second-order valence-electron chi connectivity index (χ2n) is 4.08. The van der Waals surface area contributed by atoms with Gasteiger partial charge in [-0.15, -0.1) is 6.42 Å². The molecule has 18 heavy (non-hydrogen) atoms. The molecule has 1 unspecified atom stereocenters. The molecule has 4 nitrogen and oxygen atoms in total. The first-order valence-electron chi connectivity index (χ1n) is 5.67. The number of rotatable bonds is 5. The Morgan fingerprint density at radius 3 is 2.28 bits per heavy atom. The molecule has 98 valence electrons. The van der Waals surface area contributed by atoms with Crippen molar-refractivity contribution in [1.82, 2.24) is 4.31 Å². The zero-order valence-corrected chi connectivity index (χ0v) is 11.7. The zero-order valence-electron chi connectivity index (χ0n) is 10.8. The van der Waals surface area contributed by atoms with Gasteiger partial charge < -0.3 is 5.32 Å². The van der Waals surface area contributed by atoms with Gasteiger partial charge in [0.15, 0.2) is 0 Å². The van der Waals surface area contributed by atoms with Crippen molar-refractivity contribution in [3.63, 3.8) is 0 Å². The van der Waals surface area contributed by atoms with E-state index >= 15 is 0 Å². The van der Waals surface area contributed by atoms with E-state index in [0.29, 0.717) is 0 Å². The number of terminal acetylenes is 1. The van der Waals surface area contributed by atoms with Gasteiger partial charge in [-0.1, -0.05) is 12.8 Å². The molecular weight excluding hydrogens is 248 g/mol. The molecule has 0 spiro atoms. The summed E-state index contributed by atoms with van der Waals surface area (Å²) in [6.07, 6.45) is 6.17. The van der Waals surface area contributed by atoms with E-state index in [1.807, 2.05) is 6.92 Å². The molecule has 5 heteroatoms. The van der Waals surface area contributed by atoms with Crippen molar-refractivity contribution >= 4 is 15.7 Å². The molecule has 1 aromatic carbocycles. The minimum absolute atomic E-state index is 0.0405. The smallest absolute Gasteiger partial charge is 0.242 e. The molecule has 0 bridgehead atoms. The third-order valence-corrected chi connectivity index (χ3v) is 4.41. The van der Waals surface area contributed by atoms with Crippen molar-refractivity contribution < 1.29 is 8.42 Å². The molecule has 0 aromatic heterocycles. The maximum Gasteiger partial charge on any atom is 0.242 e. The number of anilines is 1. The number of sulfonamides is 1. The lowest BCUT2D eigenvalue weighted by atomic mass is 10.2. The van der Waals surface area contributed by atoms with Gasteiger partial charge in [0.2, 0.25) is 10.0 Å². The highest BCUT2D eigenvalue weighted by molar-refractivity contribution is 7.89. The number of nitrogens with one attached hydrogen (secondary N) is 1. The number of benzene rings is 1. The van der Waals surface area contributed by atoms with E-state index in [1.165, 1.54) is 18.4 Å². The van der Waals surface area contributed by atoms with Crippen molar-refractivity contribution in [2.75, 3.05) is 19.4 Å². The highest BCUT2D eigenvalue weighted by Gasteiger charge is 2.16.